The summed E-state index contributed by atoms with van der Waals surface area (Å²) in [7, 11) is 1.58. The number of carbonyl (C=O) groups is 3. The Bertz CT molecular complexity index is 662. The molecule has 0 spiro atoms. The second-order valence-corrected chi connectivity index (χ2v) is 6.91. The van der Waals surface area contributed by atoms with E-state index in [2.05, 4.69) is 15.9 Å². The number of rotatable bonds is 4. The number of halogens is 1. The second-order valence-electron chi connectivity index (χ2n) is 6.11. The number of carboxylic acid groups (broad SMARTS) is 1. The Morgan fingerprint density at radius 2 is 2.08 bits per heavy atom. The summed E-state index contributed by atoms with van der Waals surface area (Å²) in [5, 5.41) is 9.11. The number of aryl methyl sites for hydroxylation is 1. The van der Waals surface area contributed by atoms with Crippen molar-refractivity contribution in [2.24, 2.45) is 5.92 Å². The third-order valence-corrected chi connectivity index (χ3v) is 5.32. The van der Waals surface area contributed by atoms with Crippen LogP contribution in [0.2, 0.25) is 0 Å². The van der Waals surface area contributed by atoms with Gasteiger partial charge in [0.1, 0.15) is 0 Å². The molecule has 1 N–H and O–H groups in total. The van der Waals surface area contributed by atoms with Gasteiger partial charge in [0.25, 0.3) is 5.91 Å². The number of piperidine rings is 1. The predicted octanol–water partition coefficient (Wildman–Crippen LogP) is 2.15. The zero-order valence-electron chi connectivity index (χ0n) is 13.8. The van der Waals surface area contributed by atoms with Crippen LogP contribution in [0.5, 0.6) is 0 Å². The van der Waals surface area contributed by atoms with E-state index in [0.717, 1.165) is 10.0 Å². The van der Waals surface area contributed by atoms with E-state index in [1.807, 2.05) is 13.0 Å². The van der Waals surface area contributed by atoms with Crippen LogP contribution in [-0.4, -0.2) is 59.4 Å². The van der Waals surface area contributed by atoms with Crippen molar-refractivity contribution < 1.29 is 19.5 Å². The summed E-state index contributed by atoms with van der Waals surface area (Å²) in [5.74, 6) is -1.86. The van der Waals surface area contributed by atoms with Gasteiger partial charge in [0.05, 0.1) is 18.0 Å². The summed E-state index contributed by atoms with van der Waals surface area (Å²) < 4.78 is 0.721. The van der Waals surface area contributed by atoms with E-state index in [9.17, 15) is 14.4 Å². The Labute approximate surface area is 149 Å². The van der Waals surface area contributed by atoms with Crippen molar-refractivity contribution >= 4 is 33.7 Å². The first-order valence-corrected chi connectivity index (χ1v) is 8.61. The molecule has 1 aliphatic heterocycles. The van der Waals surface area contributed by atoms with Crippen molar-refractivity contribution in [3.8, 4) is 0 Å². The maximum Gasteiger partial charge on any atom is 0.308 e. The fourth-order valence-electron chi connectivity index (χ4n) is 2.80. The van der Waals surface area contributed by atoms with Gasteiger partial charge in [-0.1, -0.05) is 12.1 Å². The van der Waals surface area contributed by atoms with Gasteiger partial charge in [-0.2, -0.15) is 0 Å². The maximum atomic E-state index is 12.5. The van der Waals surface area contributed by atoms with Crippen LogP contribution < -0.4 is 0 Å². The Kier molecular flexibility index (Phi) is 5.99. The smallest absolute Gasteiger partial charge is 0.308 e. The van der Waals surface area contributed by atoms with Crippen LogP contribution in [0.3, 0.4) is 0 Å². The Hall–Kier alpha value is -1.89. The molecule has 0 radical (unpaired) electrons. The van der Waals surface area contributed by atoms with Crippen LogP contribution in [0.1, 0.15) is 28.8 Å². The van der Waals surface area contributed by atoms with Crippen molar-refractivity contribution in [2.45, 2.75) is 19.8 Å². The van der Waals surface area contributed by atoms with Gasteiger partial charge in [-0.3, -0.25) is 14.4 Å². The summed E-state index contributed by atoms with van der Waals surface area (Å²) in [6.07, 6.45) is 1.26. The number of aliphatic carboxylic acids is 1. The van der Waals surface area contributed by atoms with Gasteiger partial charge in [0, 0.05) is 24.6 Å². The molecule has 1 saturated heterocycles. The largest absolute Gasteiger partial charge is 0.481 e. The van der Waals surface area contributed by atoms with Gasteiger partial charge in [-0.05, 0) is 47.3 Å². The number of hydrogen-bond acceptors (Lipinski definition) is 3. The quantitative estimate of drug-likeness (QED) is 0.845. The van der Waals surface area contributed by atoms with Crippen LogP contribution in [0.25, 0.3) is 0 Å². The number of nitrogens with zero attached hydrogens (tertiary/aromatic N) is 2. The average Bonchev–Trinajstić information content (AvgIpc) is 2.56. The summed E-state index contributed by atoms with van der Waals surface area (Å²) in [6.45, 7) is 2.58. The second kappa shape index (κ2) is 7.79. The van der Waals surface area contributed by atoms with Gasteiger partial charge in [-0.15, -0.1) is 0 Å². The molecule has 2 amide bonds. The van der Waals surface area contributed by atoms with Gasteiger partial charge in [0.2, 0.25) is 5.91 Å². The van der Waals surface area contributed by atoms with E-state index in [0.29, 0.717) is 24.9 Å². The normalized spacial score (nSPS) is 17.5. The first-order chi connectivity index (χ1) is 11.3. The molecule has 1 aromatic carbocycles. The third kappa shape index (κ3) is 4.14. The minimum atomic E-state index is -0.874. The molecule has 1 atom stereocenters. The van der Waals surface area contributed by atoms with Gasteiger partial charge in [-0.25, -0.2) is 0 Å². The Balaban J connectivity index is 2.02. The molecule has 2 rings (SSSR count). The van der Waals surface area contributed by atoms with Crippen molar-refractivity contribution in [2.75, 3.05) is 26.7 Å². The minimum absolute atomic E-state index is 0.0639. The number of amides is 2. The fraction of sp³-hybridized carbons (Fsp3) is 0.471. The van der Waals surface area contributed by atoms with E-state index in [4.69, 9.17) is 5.11 Å². The SMILES string of the molecule is Cc1cccc(C(=O)N(C)CC(=O)N2CCCC(C(=O)O)C2)c1Br. The van der Waals surface area contributed by atoms with Crippen molar-refractivity contribution in [1.82, 2.24) is 9.80 Å². The van der Waals surface area contributed by atoms with E-state index < -0.39 is 11.9 Å². The Morgan fingerprint density at radius 3 is 2.75 bits per heavy atom. The predicted molar refractivity (Wildman–Crippen MR) is 92.8 cm³/mol. The van der Waals surface area contributed by atoms with Crippen LogP contribution >= 0.6 is 15.9 Å². The first-order valence-electron chi connectivity index (χ1n) is 7.82. The molecule has 0 saturated carbocycles. The van der Waals surface area contributed by atoms with Gasteiger partial charge < -0.3 is 14.9 Å². The lowest BCUT2D eigenvalue weighted by Crippen LogP contribution is -2.46. The number of likely N-dealkylation sites (N-methyl/N-ethyl adjacent to an activating group) is 1. The fourth-order valence-corrected chi connectivity index (χ4v) is 3.23. The van der Waals surface area contributed by atoms with Crippen LogP contribution in [0.15, 0.2) is 22.7 Å². The highest BCUT2D eigenvalue weighted by atomic mass is 79.9. The first kappa shape index (κ1) is 18.4. The minimum Gasteiger partial charge on any atom is -0.481 e. The highest BCUT2D eigenvalue weighted by Crippen LogP contribution is 2.22. The van der Waals surface area contributed by atoms with Crippen molar-refractivity contribution in [3.63, 3.8) is 0 Å². The van der Waals surface area contributed by atoms with E-state index in [1.54, 1.807) is 19.2 Å². The molecule has 1 fully saturated rings. The molecule has 0 aliphatic carbocycles. The lowest BCUT2D eigenvalue weighted by molar-refractivity contribution is -0.145. The monoisotopic (exact) mass is 396 g/mol. The van der Waals surface area contributed by atoms with Crippen molar-refractivity contribution in [1.29, 1.82) is 0 Å². The lowest BCUT2D eigenvalue weighted by atomic mass is 9.98. The lowest BCUT2D eigenvalue weighted by Gasteiger charge is -2.32. The zero-order valence-corrected chi connectivity index (χ0v) is 15.4. The Morgan fingerprint density at radius 1 is 1.38 bits per heavy atom. The zero-order chi connectivity index (χ0) is 17.9. The number of carbonyl (C=O) groups excluding carboxylic acids is 2. The standard InChI is InChI=1S/C17H21BrN2O4/c1-11-5-3-7-13(15(11)18)16(22)19(2)10-14(21)20-8-4-6-12(9-20)17(23)24/h3,5,7,12H,4,6,8-10H2,1-2H3,(H,23,24). The molecule has 130 valence electrons. The van der Waals surface area contributed by atoms with Crippen LogP contribution in [-0.2, 0) is 9.59 Å². The molecular weight excluding hydrogens is 376 g/mol. The summed E-state index contributed by atoms with van der Waals surface area (Å²) in [6, 6.07) is 5.40. The van der Waals surface area contributed by atoms with Crippen LogP contribution in [0.4, 0.5) is 0 Å². The van der Waals surface area contributed by atoms with E-state index >= 15 is 0 Å². The van der Waals surface area contributed by atoms with Crippen molar-refractivity contribution in [3.05, 3.63) is 33.8 Å². The highest BCUT2D eigenvalue weighted by molar-refractivity contribution is 9.10. The number of hydrogen-bond donors (Lipinski definition) is 1. The number of carboxylic acids is 1. The number of likely N-dealkylation sites (tertiary alicyclic amines) is 1. The number of benzene rings is 1. The summed E-state index contributed by atoms with van der Waals surface area (Å²) in [4.78, 5) is 38.9. The van der Waals surface area contributed by atoms with Gasteiger partial charge in [0.15, 0.2) is 0 Å². The van der Waals surface area contributed by atoms with E-state index in [-0.39, 0.29) is 24.9 Å². The molecule has 1 aliphatic rings. The molecule has 1 aromatic rings. The topological polar surface area (TPSA) is 77.9 Å². The maximum absolute atomic E-state index is 12.5. The highest BCUT2D eigenvalue weighted by Gasteiger charge is 2.29. The molecule has 24 heavy (non-hydrogen) atoms. The molecule has 7 heteroatoms. The molecule has 0 aromatic heterocycles. The van der Waals surface area contributed by atoms with Gasteiger partial charge >= 0.3 is 5.97 Å². The van der Waals surface area contributed by atoms with Crippen LogP contribution in [0, 0.1) is 12.8 Å². The average molecular weight is 397 g/mol. The molecule has 1 unspecified atom stereocenters. The third-order valence-electron chi connectivity index (χ3n) is 4.26. The molecular formula is C17H21BrN2O4. The molecule has 1 heterocycles. The summed E-state index contributed by atoms with van der Waals surface area (Å²) in [5.41, 5.74) is 1.45. The molecule has 0 bridgehead atoms. The van der Waals surface area contributed by atoms with E-state index in [1.165, 1.54) is 9.80 Å². The molecule has 6 nitrogen and oxygen atoms in total. The summed E-state index contributed by atoms with van der Waals surface area (Å²) >= 11 is 3.41.